The monoisotopic (exact) mass is 362 g/mol. The number of carbonyl (C=O) groups excluding carboxylic acids is 2. The van der Waals surface area contributed by atoms with Gasteiger partial charge >= 0.3 is 0 Å². The maximum atomic E-state index is 11.8. The van der Waals surface area contributed by atoms with Crippen LogP contribution in [0.3, 0.4) is 0 Å². The molecule has 114 valence electrons. The molecule has 0 unspecified atom stereocenters. The van der Waals surface area contributed by atoms with E-state index < -0.39 is 5.91 Å². The summed E-state index contributed by atoms with van der Waals surface area (Å²) >= 11 is 3.40. The molecule has 0 radical (unpaired) electrons. The van der Waals surface area contributed by atoms with Gasteiger partial charge in [0.15, 0.2) is 6.61 Å². The quantitative estimate of drug-likeness (QED) is 0.857. The van der Waals surface area contributed by atoms with Crippen LogP contribution >= 0.6 is 15.9 Å². The van der Waals surface area contributed by atoms with Gasteiger partial charge in [0.25, 0.3) is 5.91 Å². The van der Waals surface area contributed by atoms with E-state index in [1.165, 1.54) is 0 Å². The summed E-state index contributed by atoms with van der Waals surface area (Å²) in [6, 6.07) is 11.8. The minimum Gasteiger partial charge on any atom is -0.484 e. The van der Waals surface area contributed by atoms with Crippen molar-refractivity contribution in [2.45, 2.75) is 6.92 Å². The number of rotatable bonds is 5. The predicted octanol–water partition coefficient (Wildman–Crippen LogP) is 2.87. The molecule has 0 aliphatic carbocycles. The fourth-order valence-corrected chi connectivity index (χ4v) is 2.02. The van der Waals surface area contributed by atoms with Crippen LogP contribution in [0.25, 0.3) is 0 Å². The minimum atomic E-state index is -0.508. The summed E-state index contributed by atoms with van der Waals surface area (Å²) in [6.07, 6.45) is 0. The van der Waals surface area contributed by atoms with E-state index in [-0.39, 0.29) is 12.5 Å². The Bertz CT molecular complexity index is 699. The lowest BCUT2D eigenvalue weighted by Crippen LogP contribution is -2.20. The third kappa shape index (κ3) is 4.33. The summed E-state index contributed by atoms with van der Waals surface area (Å²) in [5, 5.41) is 2.68. The van der Waals surface area contributed by atoms with Crippen molar-refractivity contribution >= 4 is 33.4 Å². The maximum absolute atomic E-state index is 11.8. The molecule has 3 N–H and O–H groups in total. The SMILES string of the molecule is Cc1cc(OCC(=O)Nc2ccc(C(N)=O)cc2)ccc1Br. The Kier molecular flexibility index (Phi) is 5.16. The van der Waals surface area contributed by atoms with Gasteiger partial charge in [0.05, 0.1) is 0 Å². The third-order valence-electron chi connectivity index (χ3n) is 2.95. The smallest absolute Gasteiger partial charge is 0.262 e. The van der Waals surface area contributed by atoms with Gasteiger partial charge < -0.3 is 15.8 Å². The first kappa shape index (κ1) is 16.0. The molecule has 5 nitrogen and oxygen atoms in total. The van der Waals surface area contributed by atoms with Crippen LogP contribution in [0, 0.1) is 6.92 Å². The van der Waals surface area contributed by atoms with Crippen molar-refractivity contribution < 1.29 is 14.3 Å². The Morgan fingerprint density at radius 2 is 1.86 bits per heavy atom. The van der Waals surface area contributed by atoms with Crippen LogP contribution in [0.4, 0.5) is 5.69 Å². The highest BCUT2D eigenvalue weighted by molar-refractivity contribution is 9.10. The van der Waals surface area contributed by atoms with Crippen molar-refractivity contribution in [3.05, 3.63) is 58.1 Å². The summed E-state index contributed by atoms with van der Waals surface area (Å²) in [5.74, 6) is -0.167. The second kappa shape index (κ2) is 7.09. The number of anilines is 1. The fraction of sp³-hybridized carbons (Fsp3) is 0.125. The summed E-state index contributed by atoms with van der Waals surface area (Å²) in [4.78, 5) is 22.8. The minimum absolute atomic E-state index is 0.0986. The van der Waals surface area contributed by atoms with Crippen LogP contribution < -0.4 is 15.8 Å². The number of halogens is 1. The third-order valence-corrected chi connectivity index (χ3v) is 3.84. The van der Waals surface area contributed by atoms with E-state index in [2.05, 4.69) is 21.2 Å². The van der Waals surface area contributed by atoms with Gasteiger partial charge in [-0.2, -0.15) is 0 Å². The van der Waals surface area contributed by atoms with Gasteiger partial charge in [-0.05, 0) is 55.0 Å². The van der Waals surface area contributed by atoms with Crippen molar-refractivity contribution in [3.8, 4) is 5.75 Å². The Labute approximate surface area is 136 Å². The van der Waals surface area contributed by atoms with Crippen molar-refractivity contribution in [3.63, 3.8) is 0 Å². The number of hydrogen-bond donors (Lipinski definition) is 2. The number of hydrogen-bond acceptors (Lipinski definition) is 3. The van der Waals surface area contributed by atoms with Gasteiger partial charge in [-0.15, -0.1) is 0 Å². The first-order chi connectivity index (χ1) is 10.5. The van der Waals surface area contributed by atoms with Gasteiger partial charge in [-0.3, -0.25) is 9.59 Å². The molecule has 22 heavy (non-hydrogen) atoms. The van der Waals surface area contributed by atoms with E-state index in [0.717, 1.165) is 10.0 Å². The van der Waals surface area contributed by atoms with Crippen LogP contribution in [0.1, 0.15) is 15.9 Å². The number of amides is 2. The highest BCUT2D eigenvalue weighted by atomic mass is 79.9. The molecule has 0 aliphatic rings. The molecule has 6 heteroatoms. The lowest BCUT2D eigenvalue weighted by molar-refractivity contribution is -0.118. The highest BCUT2D eigenvalue weighted by Crippen LogP contribution is 2.21. The summed E-state index contributed by atoms with van der Waals surface area (Å²) in [6.45, 7) is 1.84. The zero-order chi connectivity index (χ0) is 16.1. The van der Waals surface area contributed by atoms with E-state index >= 15 is 0 Å². The Hall–Kier alpha value is -2.34. The second-order valence-corrected chi connectivity index (χ2v) is 5.54. The molecule has 0 atom stereocenters. The first-order valence-corrected chi connectivity index (χ1v) is 7.33. The van der Waals surface area contributed by atoms with Crippen molar-refractivity contribution in [1.29, 1.82) is 0 Å². The lowest BCUT2D eigenvalue weighted by atomic mass is 10.2. The topological polar surface area (TPSA) is 81.4 Å². The number of carbonyl (C=O) groups is 2. The Morgan fingerprint density at radius 1 is 1.18 bits per heavy atom. The number of nitrogens with two attached hydrogens (primary N) is 1. The number of nitrogens with one attached hydrogen (secondary N) is 1. The van der Waals surface area contributed by atoms with Gasteiger partial charge in [0, 0.05) is 15.7 Å². The van der Waals surface area contributed by atoms with E-state index in [1.54, 1.807) is 30.3 Å². The normalized spacial score (nSPS) is 10.1. The number of ether oxygens (including phenoxy) is 1. The van der Waals surface area contributed by atoms with Crippen LogP contribution in [-0.4, -0.2) is 18.4 Å². The van der Waals surface area contributed by atoms with Crippen molar-refractivity contribution in [2.24, 2.45) is 5.73 Å². The van der Waals surface area contributed by atoms with E-state index in [1.807, 2.05) is 19.1 Å². The molecule has 2 rings (SSSR count). The highest BCUT2D eigenvalue weighted by Gasteiger charge is 2.06. The largest absolute Gasteiger partial charge is 0.484 e. The van der Waals surface area contributed by atoms with Crippen molar-refractivity contribution in [1.82, 2.24) is 0 Å². The molecule has 2 amide bonds. The molecule has 0 saturated heterocycles. The van der Waals surface area contributed by atoms with Crippen molar-refractivity contribution in [2.75, 3.05) is 11.9 Å². The summed E-state index contributed by atoms with van der Waals surface area (Å²) in [7, 11) is 0. The number of benzene rings is 2. The molecule has 2 aromatic rings. The lowest BCUT2D eigenvalue weighted by Gasteiger charge is -2.09. The summed E-state index contributed by atoms with van der Waals surface area (Å²) in [5.41, 5.74) is 7.14. The van der Waals surface area contributed by atoms with Gasteiger partial charge in [-0.25, -0.2) is 0 Å². The van der Waals surface area contributed by atoms with E-state index in [0.29, 0.717) is 17.0 Å². The average molecular weight is 363 g/mol. The Balaban J connectivity index is 1.89. The second-order valence-electron chi connectivity index (χ2n) is 4.69. The molecule has 0 spiro atoms. The maximum Gasteiger partial charge on any atom is 0.262 e. The number of primary amides is 1. The van der Waals surface area contributed by atoms with Crippen LogP contribution in [0.5, 0.6) is 5.75 Å². The molecular weight excluding hydrogens is 348 g/mol. The molecule has 0 fully saturated rings. The zero-order valence-corrected chi connectivity index (χ0v) is 13.5. The van der Waals surface area contributed by atoms with Gasteiger partial charge in [0.2, 0.25) is 5.91 Å². The molecule has 0 saturated carbocycles. The van der Waals surface area contributed by atoms with E-state index in [9.17, 15) is 9.59 Å². The molecule has 0 bridgehead atoms. The molecular formula is C16H15BrN2O3. The van der Waals surface area contributed by atoms with Crippen LogP contribution in [0.15, 0.2) is 46.9 Å². The summed E-state index contributed by atoms with van der Waals surface area (Å²) < 4.78 is 6.42. The standard InChI is InChI=1S/C16H15BrN2O3/c1-10-8-13(6-7-14(10)17)22-9-15(20)19-12-4-2-11(3-5-12)16(18)21/h2-8H,9H2,1H3,(H2,18,21)(H,19,20). The van der Waals surface area contributed by atoms with E-state index in [4.69, 9.17) is 10.5 Å². The van der Waals surface area contributed by atoms with Gasteiger partial charge in [0.1, 0.15) is 5.75 Å². The molecule has 0 aliphatic heterocycles. The molecule has 0 aromatic heterocycles. The fourth-order valence-electron chi connectivity index (χ4n) is 1.77. The molecule has 0 heterocycles. The van der Waals surface area contributed by atoms with Crippen LogP contribution in [-0.2, 0) is 4.79 Å². The predicted molar refractivity (Wildman–Crippen MR) is 88.0 cm³/mol. The van der Waals surface area contributed by atoms with Gasteiger partial charge in [-0.1, -0.05) is 15.9 Å². The van der Waals surface area contributed by atoms with Crippen LogP contribution in [0.2, 0.25) is 0 Å². The number of aryl methyl sites for hydroxylation is 1. The zero-order valence-electron chi connectivity index (χ0n) is 11.9. The Morgan fingerprint density at radius 3 is 2.45 bits per heavy atom. The first-order valence-electron chi connectivity index (χ1n) is 6.54. The average Bonchev–Trinajstić information content (AvgIpc) is 2.49. The molecule has 2 aromatic carbocycles.